The third-order valence-corrected chi connectivity index (χ3v) is 1.55. The molecular weight excluding hydrogens is 196 g/mol. The smallest absolute Gasteiger partial charge is 0.331 e. The second-order valence-electron chi connectivity index (χ2n) is 3.02. The molecule has 0 unspecified atom stereocenters. The van der Waals surface area contributed by atoms with E-state index in [9.17, 15) is 9.59 Å². The van der Waals surface area contributed by atoms with Gasteiger partial charge in [-0.25, -0.2) is 9.59 Å². The molecule has 0 aromatic carbocycles. The Balaban J connectivity index is 3.65. The van der Waals surface area contributed by atoms with Gasteiger partial charge in [-0.15, -0.1) is 0 Å². The summed E-state index contributed by atoms with van der Waals surface area (Å²) >= 11 is 0. The van der Waals surface area contributed by atoms with Crippen molar-refractivity contribution in [3.63, 3.8) is 0 Å². The highest BCUT2D eigenvalue weighted by Crippen LogP contribution is 1.91. The summed E-state index contributed by atoms with van der Waals surface area (Å²) < 4.78 is 9.54. The van der Waals surface area contributed by atoms with Crippen molar-refractivity contribution in [3.8, 4) is 0 Å². The maximum atomic E-state index is 11.0. The second-order valence-corrected chi connectivity index (χ2v) is 3.02. The monoisotopic (exact) mass is 214 g/mol. The predicted octanol–water partition coefficient (Wildman–Crippen LogP) is 1.84. The fourth-order valence-electron chi connectivity index (χ4n) is 0.752. The van der Waals surface area contributed by atoms with Crippen molar-refractivity contribution in [2.24, 2.45) is 0 Å². The van der Waals surface area contributed by atoms with Crippen molar-refractivity contribution in [3.05, 3.63) is 12.2 Å². The molecule has 0 aromatic heterocycles. The van der Waals surface area contributed by atoms with Crippen LogP contribution in [0, 0.1) is 0 Å². The fourth-order valence-corrected chi connectivity index (χ4v) is 0.752. The standard InChI is InChI=1S/C11H18O4/c1-3-5-9-15-11(13)7-6-10(12)14-8-4-2/h6-7H,3-5,8-9H2,1-2H3/b7-6+. The van der Waals surface area contributed by atoms with Crippen LogP contribution in [-0.4, -0.2) is 25.2 Å². The van der Waals surface area contributed by atoms with Gasteiger partial charge in [0, 0.05) is 12.2 Å². The highest BCUT2D eigenvalue weighted by atomic mass is 16.5. The lowest BCUT2D eigenvalue weighted by Crippen LogP contribution is -2.05. The van der Waals surface area contributed by atoms with E-state index < -0.39 is 11.9 Å². The predicted molar refractivity (Wildman–Crippen MR) is 56.3 cm³/mol. The summed E-state index contributed by atoms with van der Waals surface area (Å²) in [5.74, 6) is -1.01. The minimum absolute atomic E-state index is 0.369. The van der Waals surface area contributed by atoms with Gasteiger partial charge in [0.1, 0.15) is 0 Å². The lowest BCUT2D eigenvalue weighted by molar-refractivity contribution is -0.140. The average Bonchev–Trinajstić information content (AvgIpc) is 2.24. The Kier molecular flexibility index (Phi) is 8.43. The van der Waals surface area contributed by atoms with Crippen LogP contribution in [0.5, 0.6) is 0 Å². The maximum absolute atomic E-state index is 11.0. The van der Waals surface area contributed by atoms with E-state index in [0.29, 0.717) is 13.2 Å². The lowest BCUT2D eigenvalue weighted by Gasteiger charge is -1.99. The molecule has 0 aromatic rings. The molecule has 86 valence electrons. The summed E-state index contributed by atoms with van der Waals surface area (Å²) in [6.07, 6.45) is 4.74. The average molecular weight is 214 g/mol. The molecule has 0 bridgehead atoms. The molecule has 0 aliphatic heterocycles. The molecule has 0 heterocycles. The second kappa shape index (κ2) is 9.24. The van der Waals surface area contributed by atoms with E-state index in [1.165, 1.54) is 0 Å². The van der Waals surface area contributed by atoms with E-state index in [1.54, 1.807) is 0 Å². The topological polar surface area (TPSA) is 52.6 Å². The van der Waals surface area contributed by atoms with Crippen LogP contribution in [0.15, 0.2) is 12.2 Å². The molecule has 0 fully saturated rings. The van der Waals surface area contributed by atoms with Gasteiger partial charge in [0.2, 0.25) is 0 Å². The maximum Gasteiger partial charge on any atom is 0.331 e. The zero-order chi connectivity index (χ0) is 11.5. The molecule has 0 spiro atoms. The van der Waals surface area contributed by atoms with Crippen molar-refractivity contribution >= 4 is 11.9 Å². The first-order valence-electron chi connectivity index (χ1n) is 5.22. The van der Waals surface area contributed by atoms with Crippen LogP contribution in [-0.2, 0) is 19.1 Å². The normalized spacial score (nSPS) is 10.3. The summed E-state index contributed by atoms with van der Waals surface area (Å²) in [6, 6.07) is 0. The van der Waals surface area contributed by atoms with Gasteiger partial charge in [0.15, 0.2) is 0 Å². The van der Waals surface area contributed by atoms with Crippen molar-refractivity contribution in [1.29, 1.82) is 0 Å². The van der Waals surface area contributed by atoms with Crippen molar-refractivity contribution < 1.29 is 19.1 Å². The summed E-state index contributed by atoms with van der Waals surface area (Å²) in [6.45, 7) is 4.67. The first-order valence-corrected chi connectivity index (χ1v) is 5.22. The molecule has 0 amide bonds. The van der Waals surface area contributed by atoms with Crippen LogP contribution in [0.2, 0.25) is 0 Å². The first kappa shape index (κ1) is 13.7. The third-order valence-electron chi connectivity index (χ3n) is 1.55. The van der Waals surface area contributed by atoms with Crippen LogP contribution in [0.3, 0.4) is 0 Å². The van der Waals surface area contributed by atoms with Crippen LogP contribution in [0.4, 0.5) is 0 Å². The van der Waals surface area contributed by atoms with Gasteiger partial charge < -0.3 is 9.47 Å². The molecule has 0 rings (SSSR count). The van der Waals surface area contributed by atoms with E-state index in [2.05, 4.69) is 0 Å². The van der Waals surface area contributed by atoms with E-state index >= 15 is 0 Å². The summed E-state index contributed by atoms with van der Waals surface area (Å²) in [5.41, 5.74) is 0. The van der Waals surface area contributed by atoms with Crippen molar-refractivity contribution in [2.75, 3.05) is 13.2 Å². The molecule has 15 heavy (non-hydrogen) atoms. The number of ether oxygens (including phenoxy) is 2. The molecule has 0 atom stereocenters. The summed E-state index contributed by atoms with van der Waals surface area (Å²) in [7, 11) is 0. The van der Waals surface area contributed by atoms with Crippen molar-refractivity contribution in [2.45, 2.75) is 33.1 Å². The van der Waals surface area contributed by atoms with Crippen LogP contribution >= 0.6 is 0 Å². The molecule has 0 aliphatic carbocycles. The number of esters is 2. The first-order chi connectivity index (χ1) is 7.20. The SMILES string of the molecule is CCCCOC(=O)/C=C/C(=O)OCCC. The van der Waals surface area contributed by atoms with Gasteiger partial charge in [-0.05, 0) is 12.8 Å². The summed E-state index contributed by atoms with van der Waals surface area (Å²) in [5, 5.41) is 0. The highest BCUT2D eigenvalue weighted by Gasteiger charge is 1.99. The van der Waals surface area contributed by atoms with Gasteiger partial charge in [0.05, 0.1) is 13.2 Å². The minimum Gasteiger partial charge on any atom is -0.463 e. The molecule has 4 heteroatoms. The molecular formula is C11H18O4. The number of hydrogen-bond donors (Lipinski definition) is 0. The van der Waals surface area contributed by atoms with Gasteiger partial charge >= 0.3 is 11.9 Å². The molecule has 0 radical (unpaired) electrons. The van der Waals surface area contributed by atoms with Gasteiger partial charge in [-0.3, -0.25) is 0 Å². The Morgan fingerprint density at radius 3 is 1.93 bits per heavy atom. The Morgan fingerprint density at radius 2 is 1.47 bits per heavy atom. The molecule has 0 aliphatic rings. The van der Waals surface area contributed by atoms with E-state index in [1.807, 2.05) is 13.8 Å². The van der Waals surface area contributed by atoms with E-state index in [0.717, 1.165) is 31.4 Å². The number of hydrogen-bond acceptors (Lipinski definition) is 4. The third kappa shape index (κ3) is 9.00. The number of carbonyl (C=O) groups is 2. The minimum atomic E-state index is -0.510. The molecule has 4 nitrogen and oxygen atoms in total. The molecule has 0 saturated carbocycles. The van der Waals surface area contributed by atoms with Crippen LogP contribution in [0.25, 0.3) is 0 Å². The van der Waals surface area contributed by atoms with E-state index in [4.69, 9.17) is 9.47 Å². The zero-order valence-corrected chi connectivity index (χ0v) is 9.32. The van der Waals surface area contributed by atoms with Gasteiger partial charge in [-0.2, -0.15) is 0 Å². The highest BCUT2D eigenvalue weighted by molar-refractivity contribution is 5.91. The Labute approximate surface area is 90.2 Å². The Bertz CT molecular complexity index is 221. The zero-order valence-electron chi connectivity index (χ0n) is 9.32. The summed E-state index contributed by atoms with van der Waals surface area (Å²) in [4.78, 5) is 21.9. The quantitative estimate of drug-likeness (QED) is 0.368. The largest absolute Gasteiger partial charge is 0.463 e. The van der Waals surface area contributed by atoms with Gasteiger partial charge in [-0.1, -0.05) is 20.3 Å². The molecule has 0 saturated heterocycles. The number of rotatable bonds is 7. The van der Waals surface area contributed by atoms with Crippen LogP contribution in [0.1, 0.15) is 33.1 Å². The van der Waals surface area contributed by atoms with Crippen LogP contribution < -0.4 is 0 Å². The molecule has 0 N–H and O–H groups in total. The fraction of sp³-hybridized carbons (Fsp3) is 0.636. The number of carbonyl (C=O) groups excluding carboxylic acids is 2. The van der Waals surface area contributed by atoms with Crippen molar-refractivity contribution in [1.82, 2.24) is 0 Å². The van der Waals surface area contributed by atoms with Gasteiger partial charge in [0.25, 0.3) is 0 Å². The number of unbranched alkanes of at least 4 members (excludes halogenated alkanes) is 1. The Hall–Kier alpha value is -1.32. The van der Waals surface area contributed by atoms with E-state index in [-0.39, 0.29) is 0 Å². The Morgan fingerprint density at radius 1 is 0.933 bits per heavy atom. The lowest BCUT2D eigenvalue weighted by atomic mass is 10.4.